The summed E-state index contributed by atoms with van der Waals surface area (Å²) in [5.74, 6) is -1.37. The lowest BCUT2D eigenvalue weighted by Crippen LogP contribution is -1.95. The number of nitro groups is 1. The van der Waals surface area contributed by atoms with E-state index in [1.807, 2.05) is 0 Å². The lowest BCUT2D eigenvalue weighted by Gasteiger charge is -1.97. The predicted molar refractivity (Wildman–Crippen MR) is 73.3 cm³/mol. The molecule has 2 rings (SSSR count). The average molecular weight is 288 g/mol. The number of aromatic hydroxyl groups is 1. The van der Waals surface area contributed by atoms with E-state index in [2.05, 4.69) is 10.2 Å². The van der Waals surface area contributed by atoms with E-state index in [4.69, 9.17) is 5.11 Å². The standard InChI is InChI=1S/C13H9N3O5/c17-12-7-9(4-5-11(12)13(18)19)15-14-8-2-1-3-10(6-8)16(20)21/h1-7,17H,(H,18,19)/p+1. The Morgan fingerprint density at radius 2 is 1.81 bits per heavy atom. The Morgan fingerprint density at radius 1 is 1.14 bits per heavy atom. The van der Waals surface area contributed by atoms with Crippen LogP contribution in [-0.2, 0) is 0 Å². The first-order valence-electron chi connectivity index (χ1n) is 5.72. The minimum absolute atomic E-state index is 0.107. The molecule has 3 N–H and O–H groups in total. The first kappa shape index (κ1) is 14.1. The van der Waals surface area contributed by atoms with Gasteiger partial charge >= 0.3 is 5.97 Å². The number of hydrogen-bond donors (Lipinski definition) is 1. The Balaban J connectivity index is 2.25. The zero-order valence-corrected chi connectivity index (χ0v) is 10.6. The largest absolute Gasteiger partial charge is 0.561 e. The van der Waals surface area contributed by atoms with Crippen molar-refractivity contribution >= 4 is 23.0 Å². The highest BCUT2D eigenvalue weighted by Crippen LogP contribution is 2.26. The van der Waals surface area contributed by atoms with E-state index in [0.29, 0.717) is 0 Å². The molecule has 0 atom stereocenters. The van der Waals surface area contributed by atoms with Crippen LogP contribution >= 0.6 is 0 Å². The molecule has 21 heavy (non-hydrogen) atoms. The summed E-state index contributed by atoms with van der Waals surface area (Å²) in [6, 6.07) is 9.45. The molecule has 106 valence electrons. The third-order valence-corrected chi connectivity index (χ3v) is 2.55. The monoisotopic (exact) mass is 288 g/mol. The maximum Gasteiger partial charge on any atom is 0.552 e. The second-order valence-corrected chi connectivity index (χ2v) is 4.01. The van der Waals surface area contributed by atoms with E-state index in [1.165, 1.54) is 42.5 Å². The molecule has 0 spiro atoms. The smallest absolute Gasteiger partial charge is 0.552 e. The summed E-state index contributed by atoms with van der Waals surface area (Å²) in [4.78, 5) is 20.9. The Labute approximate surface area is 118 Å². The van der Waals surface area contributed by atoms with Gasteiger partial charge in [-0.05, 0) is 18.2 Å². The molecule has 0 fully saturated rings. The van der Waals surface area contributed by atoms with Gasteiger partial charge in [0.2, 0.25) is 0 Å². The highest BCUT2D eigenvalue weighted by molar-refractivity contribution is 5.91. The average Bonchev–Trinajstić information content (AvgIpc) is 2.45. The van der Waals surface area contributed by atoms with Gasteiger partial charge < -0.3 is 10.2 Å². The van der Waals surface area contributed by atoms with Crippen LogP contribution in [0.5, 0.6) is 5.75 Å². The maximum absolute atomic E-state index is 10.8. The zero-order chi connectivity index (χ0) is 15.4. The highest BCUT2D eigenvalue weighted by atomic mass is 16.6. The lowest BCUT2D eigenvalue weighted by molar-refractivity contribution is -0.384. The van der Waals surface area contributed by atoms with Crippen molar-refractivity contribution in [3.8, 4) is 5.75 Å². The number of nitrogens with zero attached hydrogens (tertiary/aromatic N) is 3. The number of benzene rings is 2. The van der Waals surface area contributed by atoms with Crippen molar-refractivity contribution < 1.29 is 19.9 Å². The SMILES string of the molecule is O=C([OH2+])c1ccc(N=Nc2cccc([N+](=O)[O-])c2)cc1O. The van der Waals surface area contributed by atoms with Crippen molar-refractivity contribution in [1.82, 2.24) is 0 Å². The normalized spacial score (nSPS) is 10.7. The molecule has 0 amide bonds. The van der Waals surface area contributed by atoms with Crippen molar-refractivity contribution in [3.63, 3.8) is 0 Å². The van der Waals surface area contributed by atoms with Crippen LogP contribution < -0.4 is 0 Å². The topological polar surface area (TPSA) is 128 Å². The second kappa shape index (κ2) is 5.78. The Hall–Kier alpha value is -3.29. The molecule has 0 saturated heterocycles. The van der Waals surface area contributed by atoms with Crippen LogP contribution in [0.3, 0.4) is 0 Å². The molecule has 0 unspecified atom stereocenters. The number of phenols is 1. The number of phenolic OH excluding ortho intramolecular Hbond substituents is 1. The number of carbonyl (C=O) groups excluding carboxylic acids is 1. The van der Waals surface area contributed by atoms with Crippen molar-refractivity contribution in [2.75, 3.05) is 0 Å². The summed E-state index contributed by atoms with van der Waals surface area (Å²) in [6.45, 7) is 0. The van der Waals surface area contributed by atoms with Crippen LogP contribution in [-0.4, -0.2) is 21.1 Å². The van der Waals surface area contributed by atoms with E-state index in [1.54, 1.807) is 0 Å². The number of rotatable bonds is 4. The highest BCUT2D eigenvalue weighted by Gasteiger charge is 2.16. The van der Waals surface area contributed by atoms with Gasteiger partial charge in [0.05, 0.1) is 16.3 Å². The van der Waals surface area contributed by atoms with Crippen LogP contribution in [0.4, 0.5) is 17.1 Å². The molecule has 0 radical (unpaired) electrons. The summed E-state index contributed by atoms with van der Waals surface area (Å²) < 4.78 is 0. The Morgan fingerprint density at radius 3 is 2.38 bits per heavy atom. The van der Waals surface area contributed by atoms with Gasteiger partial charge in [0, 0.05) is 23.0 Å². The maximum atomic E-state index is 10.8. The summed E-state index contributed by atoms with van der Waals surface area (Å²) in [5.41, 5.74) is 0.294. The van der Waals surface area contributed by atoms with Crippen molar-refractivity contribution in [2.24, 2.45) is 10.2 Å². The summed E-state index contributed by atoms with van der Waals surface area (Å²) in [5, 5.41) is 34.7. The molecule has 8 nitrogen and oxygen atoms in total. The third-order valence-electron chi connectivity index (χ3n) is 2.55. The van der Waals surface area contributed by atoms with Crippen LogP contribution in [0.25, 0.3) is 0 Å². The first-order valence-corrected chi connectivity index (χ1v) is 5.72. The van der Waals surface area contributed by atoms with E-state index in [-0.39, 0.29) is 28.4 Å². The summed E-state index contributed by atoms with van der Waals surface area (Å²) >= 11 is 0. The van der Waals surface area contributed by atoms with E-state index >= 15 is 0 Å². The molecule has 0 aliphatic heterocycles. The summed E-state index contributed by atoms with van der Waals surface area (Å²) in [6.07, 6.45) is 0. The van der Waals surface area contributed by atoms with Gasteiger partial charge in [-0.2, -0.15) is 10.2 Å². The molecule has 8 heteroatoms. The lowest BCUT2D eigenvalue weighted by atomic mass is 10.2. The Kier molecular flexibility index (Phi) is 3.89. The molecule has 2 aromatic carbocycles. The van der Waals surface area contributed by atoms with Gasteiger partial charge in [-0.3, -0.25) is 10.1 Å². The zero-order valence-electron chi connectivity index (χ0n) is 10.6. The third kappa shape index (κ3) is 3.38. The van der Waals surface area contributed by atoms with E-state index in [9.17, 15) is 20.0 Å². The van der Waals surface area contributed by atoms with Gasteiger partial charge in [-0.1, -0.05) is 6.07 Å². The molecule has 0 aliphatic rings. The van der Waals surface area contributed by atoms with Gasteiger partial charge in [0.1, 0.15) is 5.75 Å². The van der Waals surface area contributed by atoms with Gasteiger partial charge in [0.25, 0.3) is 5.69 Å². The fourth-order valence-electron chi connectivity index (χ4n) is 1.56. The predicted octanol–water partition coefficient (Wildman–Crippen LogP) is 2.58. The minimum atomic E-state index is -1.00. The fourth-order valence-corrected chi connectivity index (χ4v) is 1.56. The molecule has 0 saturated carbocycles. The quantitative estimate of drug-likeness (QED) is 0.401. The first-order chi connectivity index (χ1) is 9.97. The molecule has 0 heterocycles. The molecular formula is C13H10N3O5+. The molecule has 0 bridgehead atoms. The molecular weight excluding hydrogens is 278 g/mol. The van der Waals surface area contributed by atoms with Gasteiger partial charge in [-0.15, -0.1) is 0 Å². The van der Waals surface area contributed by atoms with Crippen LogP contribution in [0.15, 0.2) is 52.7 Å². The number of non-ortho nitro benzene ring substituents is 1. The van der Waals surface area contributed by atoms with E-state index in [0.717, 1.165) is 0 Å². The second-order valence-electron chi connectivity index (χ2n) is 4.01. The van der Waals surface area contributed by atoms with Crippen LogP contribution in [0.1, 0.15) is 10.4 Å². The molecule has 0 aliphatic carbocycles. The van der Waals surface area contributed by atoms with Gasteiger partial charge in [0.15, 0.2) is 5.56 Å². The number of hydrogen-bond acceptors (Lipinski definition) is 6. The van der Waals surface area contributed by atoms with Crippen LogP contribution in [0.2, 0.25) is 0 Å². The van der Waals surface area contributed by atoms with Crippen molar-refractivity contribution in [2.45, 2.75) is 0 Å². The molecule has 0 aromatic heterocycles. The minimum Gasteiger partial charge on any atom is -0.561 e. The van der Waals surface area contributed by atoms with Crippen molar-refractivity contribution in [3.05, 3.63) is 58.1 Å². The number of carbonyl (C=O) groups is 1. The van der Waals surface area contributed by atoms with Crippen molar-refractivity contribution in [1.29, 1.82) is 0 Å². The summed E-state index contributed by atoms with van der Waals surface area (Å²) in [7, 11) is 0. The van der Waals surface area contributed by atoms with Gasteiger partial charge in [-0.25, -0.2) is 0 Å². The number of nitro benzene ring substituents is 1. The van der Waals surface area contributed by atoms with Crippen LogP contribution in [0, 0.1) is 10.1 Å². The fraction of sp³-hybridized carbons (Fsp3) is 0. The Bertz CT molecular complexity index is 742. The molecule has 2 aromatic rings. The number of azo groups is 1. The van der Waals surface area contributed by atoms with E-state index < -0.39 is 10.9 Å².